The number of carbonyl (C=O) groups is 1. The molecule has 1 amide bonds. The highest BCUT2D eigenvalue weighted by Gasteiger charge is 2.19. The Morgan fingerprint density at radius 3 is 2.75 bits per heavy atom. The van der Waals surface area contributed by atoms with E-state index in [4.69, 9.17) is 9.47 Å². The maximum Gasteiger partial charge on any atom is 0.276 e. The molecule has 40 heavy (non-hydrogen) atoms. The number of benzene rings is 1. The third kappa shape index (κ3) is 7.01. The van der Waals surface area contributed by atoms with Crippen LogP contribution >= 0.6 is 0 Å². The molecule has 5 rings (SSSR count). The molecule has 2 aromatic heterocycles. The van der Waals surface area contributed by atoms with E-state index in [1.54, 1.807) is 24.5 Å². The molecule has 2 fully saturated rings. The maximum absolute atomic E-state index is 13.2. The van der Waals surface area contributed by atoms with Gasteiger partial charge in [0.25, 0.3) is 5.91 Å². The van der Waals surface area contributed by atoms with Crippen LogP contribution in [0.25, 0.3) is 16.5 Å². The number of aliphatic imine (C=N–C) groups is 1. The molecule has 0 spiro atoms. The molecule has 0 atom stereocenters. The number of likely N-dealkylation sites (tertiary alicyclic amines) is 1. The molecule has 4 heterocycles. The summed E-state index contributed by atoms with van der Waals surface area (Å²) in [4.78, 5) is 26.2. The lowest BCUT2D eigenvalue weighted by molar-refractivity contribution is 0.0426. The molecule has 1 aromatic carbocycles. The lowest BCUT2D eigenvalue weighted by Crippen LogP contribution is -2.37. The van der Waals surface area contributed by atoms with Crippen LogP contribution in [0.4, 0.5) is 5.69 Å². The topological polar surface area (TPSA) is 108 Å². The molecule has 2 aliphatic heterocycles. The minimum Gasteiger partial charge on any atom is -0.474 e. The predicted molar refractivity (Wildman–Crippen MR) is 158 cm³/mol. The first-order chi connectivity index (χ1) is 19.5. The Kier molecular flexibility index (Phi) is 9.00. The number of nitrogens with one attached hydrogen (secondary N) is 2. The summed E-state index contributed by atoms with van der Waals surface area (Å²) in [7, 11) is 2.12. The normalized spacial score (nSPS) is 18.1. The number of carbonyl (C=O) groups excluding carboxylic acids is 1. The molecule has 210 valence electrons. The molecular weight excluding hydrogens is 506 g/mol. The van der Waals surface area contributed by atoms with Crippen molar-refractivity contribution in [1.82, 2.24) is 25.0 Å². The summed E-state index contributed by atoms with van der Waals surface area (Å²) < 4.78 is 11.5. The van der Waals surface area contributed by atoms with Gasteiger partial charge in [0.15, 0.2) is 5.69 Å². The fourth-order valence-corrected chi connectivity index (χ4v) is 5.04. The van der Waals surface area contributed by atoms with E-state index >= 15 is 0 Å². The van der Waals surface area contributed by atoms with Crippen molar-refractivity contribution >= 4 is 34.8 Å². The summed E-state index contributed by atoms with van der Waals surface area (Å²) in [6.45, 7) is 11.8. The standard InChI is InChI=1S/C30H37N7O3/c1-21(16-22(18-31-2)20-37-12-14-39-15-13-37)23-4-6-27-26(17-23)29(35-34-27)30(38)33-24-5-7-28(32-19-24)40-25-8-10-36(3)11-9-25/h4-7,16-19,25H,2,8-15,20H2,1,3H3,(H,33,38)(H,34,35)/b21-16+,22-18+. The minimum atomic E-state index is -0.306. The summed E-state index contributed by atoms with van der Waals surface area (Å²) >= 11 is 0. The van der Waals surface area contributed by atoms with E-state index in [1.807, 2.05) is 18.2 Å². The van der Waals surface area contributed by atoms with Crippen LogP contribution in [-0.4, -0.2) is 96.7 Å². The second kappa shape index (κ2) is 13.0. The maximum atomic E-state index is 13.2. The quantitative estimate of drug-likeness (QED) is 0.310. The first-order valence-corrected chi connectivity index (χ1v) is 13.7. The van der Waals surface area contributed by atoms with Gasteiger partial charge in [0.2, 0.25) is 5.88 Å². The average Bonchev–Trinajstić information content (AvgIpc) is 3.39. The molecule has 0 aliphatic carbocycles. The van der Waals surface area contributed by atoms with Gasteiger partial charge in [0, 0.05) is 50.4 Å². The number of pyridine rings is 1. The van der Waals surface area contributed by atoms with Gasteiger partial charge in [-0.2, -0.15) is 5.10 Å². The molecule has 0 radical (unpaired) electrons. The smallest absolute Gasteiger partial charge is 0.276 e. The first kappa shape index (κ1) is 27.7. The summed E-state index contributed by atoms with van der Waals surface area (Å²) in [6.07, 6.45) is 7.67. The number of nitrogens with zero attached hydrogens (tertiary/aromatic N) is 5. The van der Waals surface area contributed by atoms with Crippen LogP contribution in [0, 0.1) is 0 Å². The van der Waals surface area contributed by atoms with Gasteiger partial charge in [-0.15, -0.1) is 0 Å². The predicted octanol–water partition coefficient (Wildman–Crippen LogP) is 4.00. The highest BCUT2D eigenvalue weighted by atomic mass is 16.5. The Bertz CT molecular complexity index is 1380. The van der Waals surface area contributed by atoms with Gasteiger partial charge >= 0.3 is 0 Å². The van der Waals surface area contributed by atoms with Crippen LogP contribution in [0.15, 0.2) is 59.4 Å². The number of morpholine rings is 1. The monoisotopic (exact) mass is 543 g/mol. The number of H-pyrrole nitrogens is 1. The first-order valence-electron chi connectivity index (χ1n) is 13.7. The third-order valence-electron chi connectivity index (χ3n) is 7.35. The number of aromatic nitrogens is 3. The molecule has 10 nitrogen and oxygen atoms in total. The van der Waals surface area contributed by atoms with Crippen LogP contribution in [0.5, 0.6) is 5.88 Å². The van der Waals surface area contributed by atoms with Gasteiger partial charge in [0.1, 0.15) is 6.10 Å². The third-order valence-corrected chi connectivity index (χ3v) is 7.35. The number of anilines is 1. The second-order valence-electron chi connectivity index (χ2n) is 10.4. The van der Waals surface area contributed by atoms with E-state index in [1.165, 1.54) is 0 Å². The van der Waals surface area contributed by atoms with Crippen molar-refractivity contribution in [1.29, 1.82) is 0 Å². The SMILES string of the molecule is C=N/C=C(\C=C(/C)c1ccc2[nH]nc(C(=O)Nc3ccc(OC4CCN(C)CC4)nc3)c2c1)CN1CCOCC1. The lowest BCUT2D eigenvalue weighted by atomic mass is 10.0. The van der Waals surface area contributed by atoms with Crippen molar-refractivity contribution in [3.8, 4) is 5.88 Å². The molecule has 2 aliphatic rings. The second-order valence-corrected chi connectivity index (χ2v) is 10.4. The summed E-state index contributed by atoms with van der Waals surface area (Å²) in [5.74, 6) is 0.262. The number of hydrogen-bond acceptors (Lipinski definition) is 8. The van der Waals surface area contributed by atoms with Gasteiger partial charge in [-0.05, 0) is 68.4 Å². The van der Waals surface area contributed by atoms with E-state index < -0.39 is 0 Å². The Hall–Kier alpha value is -3.86. The Morgan fingerprint density at radius 2 is 2.02 bits per heavy atom. The number of fused-ring (bicyclic) bond motifs is 1. The van der Waals surface area contributed by atoms with Crippen molar-refractivity contribution < 1.29 is 14.3 Å². The average molecular weight is 544 g/mol. The van der Waals surface area contributed by atoms with Crippen LogP contribution < -0.4 is 10.1 Å². The number of hydrogen-bond donors (Lipinski definition) is 2. The molecule has 2 saturated heterocycles. The molecular formula is C30H37N7O3. The number of aromatic amines is 1. The molecule has 10 heteroatoms. The molecule has 3 aromatic rings. The highest BCUT2D eigenvalue weighted by Crippen LogP contribution is 2.25. The summed E-state index contributed by atoms with van der Waals surface area (Å²) in [5.41, 5.74) is 4.82. The Morgan fingerprint density at radius 1 is 1.23 bits per heavy atom. The zero-order valence-electron chi connectivity index (χ0n) is 23.2. The number of amides is 1. The van der Waals surface area contributed by atoms with Crippen LogP contribution in [0.2, 0.25) is 0 Å². The number of ether oxygens (including phenoxy) is 2. The molecule has 0 saturated carbocycles. The molecule has 0 unspecified atom stereocenters. The fourth-order valence-electron chi connectivity index (χ4n) is 5.04. The van der Waals surface area contributed by atoms with E-state index in [2.05, 4.69) is 62.1 Å². The zero-order valence-corrected chi connectivity index (χ0v) is 23.2. The number of piperidine rings is 1. The van der Waals surface area contributed by atoms with Crippen molar-refractivity contribution in [2.45, 2.75) is 25.9 Å². The Labute approximate surface area is 234 Å². The lowest BCUT2D eigenvalue weighted by Gasteiger charge is -2.28. The van der Waals surface area contributed by atoms with Gasteiger partial charge in [0.05, 0.1) is 30.6 Å². The van der Waals surface area contributed by atoms with Crippen molar-refractivity contribution in [2.75, 3.05) is 58.3 Å². The van der Waals surface area contributed by atoms with Crippen molar-refractivity contribution in [2.24, 2.45) is 4.99 Å². The van der Waals surface area contributed by atoms with E-state index in [9.17, 15) is 4.79 Å². The van der Waals surface area contributed by atoms with Gasteiger partial charge in [-0.25, -0.2) is 4.98 Å². The molecule has 2 N–H and O–H groups in total. The van der Waals surface area contributed by atoms with Gasteiger partial charge in [-0.1, -0.05) is 12.1 Å². The Balaban J connectivity index is 1.27. The fraction of sp³-hybridized carbons (Fsp3) is 0.400. The zero-order chi connectivity index (χ0) is 27.9. The van der Waals surface area contributed by atoms with Crippen LogP contribution in [0.1, 0.15) is 35.8 Å². The van der Waals surface area contributed by atoms with E-state index in [-0.39, 0.29) is 12.0 Å². The number of rotatable bonds is 9. The van der Waals surface area contributed by atoms with Crippen molar-refractivity contribution in [3.05, 3.63) is 65.6 Å². The van der Waals surface area contributed by atoms with E-state index in [0.29, 0.717) is 17.3 Å². The summed E-state index contributed by atoms with van der Waals surface area (Å²) in [6, 6.07) is 9.56. The van der Waals surface area contributed by atoms with E-state index in [0.717, 1.165) is 86.4 Å². The van der Waals surface area contributed by atoms with Crippen molar-refractivity contribution in [3.63, 3.8) is 0 Å². The van der Waals surface area contributed by atoms with Gasteiger partial charge in [-0.3, -0.25) is 19.8 Å². The van der Waals surface area contributed by atoms with Crippen LogP contribution in [-0.2, 0) is 4.74 Å². The highest BCUT2D eigenvalue weighted by molar-refractivity contribution is 6.11. The molecule has 0 bridgehead atoms. The largest absolute Gasteiger partial charge is 0.474 e. The van der Waals surface area contributed by atoms with Gasteiger partial charge < -0.3 is 19.7 Å². The summed E-state index contributed by atoms with van der Waals surface area (Å²) in [5, 5.41) is 10.9. The number of allylic oxidation sites excluding steroid dienone is 1. The minimum absolute atomic E-state index is 0.172. The van der Waals surface area contributed by atoms with Crippen LogP contribution in [0.3, 0.4) is 0 Å².